The van der Waals surface area contributed by atoms with Gasteiger partial charge in [0.15, 0.2) is 11.5 Å². The monoisotopic (exact) mass is 650 g/mol. The molecule has 1 N–H and O–H groups in total. The third-order valence-corrected chi connectivity index (χ3v) is 8.56. The lowest BCUT2D eigenvalue weighted by Gasteiger charge is -2.25. The fourth-order valence-corrected chi connectivity index (χ4v) is 6.22. The number of nitrogens with one attached hydrogen (secondary N) is 1. The summed E-state index contributed by atoms with van der Waals surface area (Å²) in [5, 5.41) is 0. The minimum Gasteiger partial charge on any atom is -0.454 e. The fourth-order valence-electron chi connectivity index (χ4n) is 5.76. The van der Waals surface area contributed by atoms with Gasteiger partial charge in [0.1, 0.15) is 5.82 Å². The first-order valence-corrected chi connectivity index (χ1v) is 17.6. The van der Waals surface area contributed by atoms with Gasteiger partial charge in [0, 0.05) is 42.9 Å². The van der Waals surface area contributed by atoms with Crippen LogP contribution in [0, 0.1) is 0 Å². The number of carbonyl (C=O) groups is 1. The molecule has 9 nitrogen and oxygen atoms in total. The number of imidazole rings is 1. The summed E-state index contributed by atoms with van der Waals surface area (Å²) in [5.41, 5.74) is 6.51. The molecule has 0 aliphatic carbocycles. The van der Waals surface area contributed by atoms with E-state index in [0.717, 1.165) is 76.6 Å². The summed E-state index contributed by atoms with van der Waals surface area (Å²) in [7, 11) is -3.67. The van der Waals surface area contributed by atoms with Gasteiger partial charge in [-0.3, -0.25) is 9.69 Å². The SMILES string of the molecule is CCCCn1c(-c2ccccc2)nc(-c2ccccc2)c1CN(Cc1ccc(C(=O)NS(C)(=O)=O)cc1)Cc1ccc2c(c1)OCO2. The number of fused-ring (bicyclic) bond motifs is 1. The largest absolute Gasteiger partial charge is 0.454 e. The number of ether oxygens (including phenoxy) is 2. The van der Waals surface area contributed by atoms with Crippen molar-refractivity contribution in [2.75, 3.05) is 13.0 Å². The van der Waals surface area contributed by atoms with Gasteiger partial charge in [-0.2, -0.15) is 0 Å². The number of carbonyl (C=O) groups excluding carboxylic acids is 1. The molecule has 1 amide bonds. The summed E-state index contributed by atoms with van der Waals surface area (Å²) in [4.78, 5) is 20.1. The van der Waals surface area contributed by atoms with Crippen molar-refractivity contribution in [3.05, 3.63) is 126 Å². The number of unbranched alkanes of at least 4 members (excludes halogenated alkanes) is 1. The van der Waals surface area contributed by atoms with Crippen molar-refractivity contribution in [1.82, 2.24) is 19.2 Å². The number of hydrogen-bond donors (Lipinski definition) is 1. The van der Waals surface area contributed by atoms with E-state index in [1.807, 2.05) is 65.4 Å². The molecule has 0 radical (unpaired) electrons. The number of benzene rings is 4. The molecule has 6 rings (SSSR count). The van der Waals surface area contributed by atoms with Crippen LogP contribution in [0.2, 0.25) is 0 Å². The highest BCUT2D eigenvalue weighted by Crippen LogP contribution is 2.34. The van der Waals surface area contributed by atoms with Crippen LogP contribution in [0.4, 0.5) is 0 Å². The molecule has 47 heavy (non-hydrogen) atoms. The third kappa shape index (κ3) is 7.90. The van der Waals surface area contributed by atoms with E-state index >= 15 is 0 Å². The van der Waals surface area contributed by atoms with Crippen LogP contribution in [0.3, 0.4) is 0 Å². The Morgan fingerprint density at radius 3 is 2.15 bits per heavy atom. The van der Waals surface area contributed by atoms with E-state index in [0.29, 0.717) is 19.6 Å². The molecule has 2 heterocycles. The molecule has 242 valence electrons. The summed E-state index contributed by atoms with van der Waals surface area (Å²) < 4.78 is 38.8. The van der Waals surface area contributed by atoms with Crippen molar-refractivity contribution < 1.29 is 22.7 Å². The molecule has 1 aromatic heterocycles. The normalized spacial score (nSPS) is 12.4. The quantitative estimate of drug-likeness (QED) is 0.152. The molecular weight excluding hydrogens is 612 g/mol. The summed E-state index contributed by atoms with van der Waals surface area (Å²) in [6.45, 7) is 5.01. The van der Waals surface area contributed by atoms with E-state index in [4.69, 9.17) is 14.5 Å². The highest BCUT2D eigenvalue weighted by atomic mass is 32.2. The lowest BCUT2D eigenvalue weighted by Crippen LogP contribution is -2.29. The Hall–Kier alpha value is -4.93. The zero-order valence-corrected chi connectivity index (χ0v) is 27.4. The lowest BCUT2D eigenvalue weighted by molar-refractivity contribution is 0.0981. The molecule has 0 saturated heterocycles. The molecule has 10 heteroatoms. The van der Waals surface area contributed by atoms with E-state index in [2.05, 4.69) is 46.7 Å². The van der Waals surface area contributed by atoms with Crippen LogP contribution in [0.5, 0.6) is 11.5 Å². The third-order valence-electron chi connectivity index (χ3n) is 8.00. The molecule has 0 atom stereocenters. The number of rotatable bonds is 13. The highest BCUT2D eigenvalue weighted by molar-refractivity contribution is 7.89. The maximum atomic E-state index is 12.5. The second-order valence-electron chi connectivity index (χ2n) is 11.7. The van der Waals surface area contributed by atoms with E-state index in [1.54, 1.807) is 12.1 Å². The van der Waals surface area contributed by atoms with Crippen LogP contribution in [0.25, 0.3) is 22.6 Å². The number of nitrogens with zero attached hydrogens (tertiary/aromatic N) is 3. The van der Waals surface area contributed by atoms with Crippen molar-refractivity contribution in [1.29, 1.82) is 0 Å². The standard InChI is InChI=1S/C37H38N4O5S/c1-3-4-21-41-32(35(29-11-7-5-8-12-29)38-36(41)30-13-9-6-10-14-30)25-40(24-28-17-20-33-34(22-28)46-26-45-33)23-27-15-18-31(19-16-27)37(42)39-47(2,43)44/h5-20,22H,3-4,21,23-26H2,1-2H3,(H,39,42). The fraction of sp³-hybridized carbons (Fsp3) is 0.243. The van der Waals surface area contributed by atoms with E-state index in [1.165, 1.54) is 0 Å². The molecule has 0 spiro atoms. The molecule has 5 aromatic rings. The molecule has 0 saturated carbocycles. The Morgan fingerprint density at radius 2 is 1.47 bits per heavy atom. The summed E-state index contributed by atoms with van der Waals surface area (Å²) >= 11 is 0. The molecule has 0 bridgehead atoms. The minimum absolute atomic E-state index is 0.209. The number of aromatic nitrogens is 2. The Kier molecular flexibility index (Phi) is 9.70. The van der Waals surface area contributed by atoms with E-state index < -0.39 is 15.9 Å². The summed E-state index contributed by atoms with van der Waals surface area (Å²) in [6, 6.07) is 33.7. The zero-order chi connectivity index (χ0) is 32.8. The van der Waals surface area contributed by atoms with Gasteiger partial charge >= 0.3 is 0 Å². The van der Waals surface area contributed by atoms with E-state index in [-0.39, 0.29) is 12.4 Å². The maximum absolute atomic E-state index is 12.5. The van der Waals surface area contributed by atoms with Crippen LogP contribution >= 0.6 is 0 Å². The van der Waals surface area contributed by atoms with Gasteiger partial charge in [0.05, 0.1) is 17.6 Å². The highest BCUT2D eigenvalue weighted by Gasteiger charge is 2.23. The maximum Gasteiger partial charge on any atom is 0.264 e. The van der Waals surface area contributed by atoms with Gasteiger partial charge in [-0.05, 0) is 41.8 Å². The van der Waals surface area contributed by atoms with Crippen LogP contribution in [-0.2, 0) is 36.2 Å². The van der Waals surface area contributed by atoms with E-state index in [9.17, 15) is 13.2 Å². The summed E-state index contributed by atoms with van der Waals surface area (Å²) in [6.07, 6.45) is 3.02. The number of hydrogen-bond acceptors (Lipinski definition) is 7. The smallest absolute Gasteiger partial charge is 0.264 e. The van der Waals surface area contributed by atoms with Crippen LogP contribution in [-0.4, -0.2) is 41.8 Å². The predicted octanol–water partition coefficient (Wildman–Crippen LogP) is 6.64. The molecule has 1 aliphatic rings. The topological polar surface area (TPSA) is 103 Å². The van der Waals surface area contributed by atoms with Crippen LogP contribution in [0.1, 0.15) is 46.9 Å². The Balaban J connectivity index is 1.40. The lowest BCUT2D eigenvalue weighted by atomic mass is 10.1. The molecule has 1 aliphatic heterocycles. The summed E-state index contributed by atoms with van der Waals surface area (Å²) in [5.74, 6) is 1.75. The average molecular weight is 651 g/mol. The zero-order valence-electron chi connectivity index (χ0n) is 26.6. The second kappa shape index (κ2) is 14.2. The van der Waals surface area contributed by atoms with Crippen LogP contribution < -0.4 is 14.2 Å². The molecule has 0 unspecified atom stereocenters. The Morgan fingerprint density at radius 1 is 0.830 bits per heavy atom. The van der Waals surface area contributed by atoms with Gasteiger partial charge in [0.2, 0.25) is 16.8 Å². The Bertz CT molecular complexity index is 1940. The van der Waals surface area contributed by atoms with Crippen molar-refractivity contribution in [2.45, 2.75) is 45.9 Å². The first-order valence-electron chi connectivity index (χ1n) is 15.7. The first kappa shape index (κ1) is 32.0. The number of amides is 1. The van der Waals surface area contributed by atoms with Crippen LogP contribution in [0.15, 0.2) is 103 Å². The van der Waals surface area contributed by atoms with Crippen molar-refractivity contribution in [3.63, 3.8) is 0 Å². The van der Waals surface area contributed by atoms with Crippen molar-refractivity contribution in [3.8, 4) is 34.1 Å². The Labute approximate surface area is 275 Å². The molecular formula is C37H38N4O5S. The second-order valence-corrected chi connectivity index (χ2v) is 13.4. The van der Waals surface area contributed by atoms with Crippen molar-refractivity contribution >= 4 is 15.9 Å². The van der Waals surface area contributed by atoms with Gasteiger partial charge in [0.25, 0.3) is 5.91 Å². The van der Waals surface area contributed by atoms with Gasteiger partial charge in [-0.25, -0.2) is 18.1 Å². The average Bonchev–Trinajstić information content (AvgIpc) is 3.68. The molecule has 0 fully saturated rings. The minimum atomic E-state index is -3.67. The number of sulfonamides is 1. The van der Waals surface area contributed by atoms with Gasteiger partial charge in [-0.1, -0.05) is 92.2 Å². The first-order chi connectivity index (χ1) is 22.8. The van der Waals surface area contributed by atoms with Gasteiger partial charge in [-0.15, -0.1) is 0 Å². The van der Waals surface area contributed by atoms with Gasteiger partial charge < -0.3 is 14.0 Å². The molecule has 4 aromatic carbocycles. The predicted molar refractivity (Wildman–Crippen MR) is 182 cm³/mol. The van der Waals surface area contributed by atoms with Crippen molar-refractivity contribution in [2.24, 2.45) is 0 Å².